The fourth-order valence-corrected chi connectivity index (χ4v) is 2.79. The molecule has 104 valence electrons. The van der Waals surface area contributed by atoms with Crippen LogP contribution < -0.4 is 10.5 Å². The van der Waals surface area contributed by atoms with Crippen LogP contribution in [0.2, 0.25) is 0 Å². The van der Waals surface area contributed by atoms with Gasteiger partial charge in [-0.15, -0.1) is 0 Å². The molecule has 19 heavy (non-hydrogen) atoms. The second kappa shape index (κ2) is 4.76. The lowest BCUT2D eigenvalue weighted by Gasteiger charge is -2.28. The molecule has 1 saturated heterocycles. The van der Waals surface area contributed by atoms with E-state index >= 15 is 0 Å². The number of hydrogen-bond acceptors (Lipinski definition) is 3. The summed E-state index contributed by atoms with van der Waals surface area (Å²) < 4.78 is 12.2. The maximum atomic E-state index is 6.13. The Balaban J connectivity index is 2.25. The van der Waals surface area contributed by atoms with E-state index in [1.54, 1.807) is 0 Å². The number of ether oxygens (including phenoxy) is 2. The van der Waals surface area contributed by atoms with E-state index in [1.807, 2.05) is 24.3 Å². The molecule has 0 radical (unpaired) electrons. The average molecular weight is 279 g/mol. The molecule has 0 aromatic heterocycles. The Morgan fingerprint density at radius 3 is 2.47 bits per heavy atom. The van der Waals surface area contributed by atoms with E-state index in [2.05, 4.69) is 27.7 Å². The molecule has 4 heteroatoms. The lowest BCUT2D eigenvalue weighted by atomic mass is 9.97. The van der Waals surface area contributed by atoms with Crippen LogP contribution in [0.3, 0.4) is 0 Å². The molecule has 1 fully saturated rings. The number of hydrogen-bond donors (Lipinski definition) is 1. The van der Waals surface area contributed by atoms with Gasteiger partial charge in [0, 0.05) is 6.42 Å². The third-order valence-corrected chi connectivity index (χ3v) is 3.63. The lowest BCUT2D eigenvalue weighted by Crippen LogP contribution is -2.37. The van der Waals surface area contributed by atoms with Crippen LogP contribution in [0.4, 0.5) is 0 Å². The maximum absolute atomic E-state index is 6.13. The van der Waals surface area contributed by atoms with Gasteiger partial charge >= 0.3 is 0 Å². The lowest BCUT2D eigenvalue weighted by molar-refractivity contribution is -0.0846. The molecule has 0 spiro atoms. The van der Waals surface area contributed by atoms with Gasteiger partial charge in [-0.25, -0.2) is 0 Å². The van der Waals surface area contributed by atoms with Gasteiger partial charge in [0.25, 0.3) is 0 Å². The van der Waals surface area contributed by atoms with Crippen molar-refractivity contribution in [3.05, 3.63) is 29.8 Å². The first kappa shape index (κ1) is 14.3. The van der Waals surface area contributed by atoms with Crippen LogP contribution in [0.5, 0.6) is 5.75 Å². The Kier molecular flexibility index (Phi) is 3.58. The van der Waals surface area contributed by atoms with Crippen molar-refractivity contribution >= 4 is 17.2 Å². The van der Waals surface area contributed by atoms with E-state index in [1.165, 1.54) is 0 Å². The summed E-state index contributed by atoms with van der Waals surface area (Å²) in [6.45, 7) is 8.26. The maximum Gasteiger partial charge on any atom is 0.130 e. The van der Waals surface area contributed by atoms with Gasteiger partial charge < -0.3 is 15.2 Å². The quantitative estimate of drug-likeness (QED) is 0.864. The second-order valence-corrected chi connectivity index (χ2v) is 6.58. The smallest absolute Gasteiger partial charge is 0.130 e. The van der Waals surface area contributed by atoms with Crippen molar-refractivity contribution in [3.63, 3.8) is 0 Å². The molecule has 3 nitrogen and oxygen atoms in total. The van der Waals surface area contributed by atoms with Crippen LogP contribution in [0, 0.1) is 0 Å². The first-order valence-electron chi connectivity index (χ1n) is 6.47. The number of thiocarbonyl (C=S) groups is 1. The highest BCUT2D eigenvalue weighted by Crippen LogP contribution is 2.39. The summed E-state index contributed by atoms with van der Waals surface area (Å²) in [4.78, 5) is 0.353. The molecular formula is C15H21NO2S. The van der Waals surface area contributed by atoms with Crippen molar-refractivity contribution in [1.29, 1.82) is 0 Å². The third-order valence-electron chi connectivity index (χ3n) is 3.41. The van der Waals surface area contributed by atoms with E-state index in [9.17, 15) is 0 Å². The van der Waals surface area contributed by atoms with Gasteiger partial charge in [0.1, 0.15) is 22.4 Å². The number of para-hydroxylation sites is 1. The molecule has 1 heterocycles. The zero-order chi connectivity index (χ0) is 14.3. The second-order valence-electron chi connectivity index (χ2n) is 6.14. The molecule has 1 atom stereocenters. The van der Waals surface area contributed by atoms with Gasteiger partial charge in [-0.3, -0.25) is 0 Å². The van der Waals surface area contributed by atoms with Crippen LogP contribution in [0.1, 0.15) is 39.7 Å². The highest BCUT2D eigenvalue weighted by atomic mass is 32.1. The van der Waals surface area contributed by atoms with Crippen molar-refractivity contribution in [3.8, 4) is 5.75 Å². The molecule has 0 amide bonds. The summed E-state index contributed by atoms with van der Waals surface area (Å²) in [5.74, 6) is 0.731. The first-order chi connectivity index (χ1) is 8.71. The molecule has 0 aliphatic carbocycles. The Morgan fingerprint density at radius 1 is 1.32 bits per heavy atom. The molecular weight excluding hydrogens is 258 g/mol. The largest absolute Gasteiger partial charge is 0.487 e. The average Bonchev–Trinajstić information content (AvgIpc) is 2.47. The molecule has 0 bridgehead atoms. The predicted molar refractivity (Wildman–Crippen MR) is 80.6 cm³/mol. The highest BCUT2D eigenvalue weighted by molar-refractivity contribution is 7.80. The minimum absolute atomic E-state index is 0.0157. The Bertz CT molecular complexity index is 497. The van der Waals surface area contributed by atoms with Crippen LogP contribution in [0.15, 0.2) is 24.3 Å². The molecule has 1 aromatic carbocycles. The normalized spacial score (nSPS) is 24.1. The van der Waals surface area contributed by atoms with E-state index in [-0.39, 0.29) is 17.3 Å². The third kappa shape index (κ3) is 3.07. The predicted octanol–water partition coefficient (Wildman–Crippen LogP) is 3.05. The van der Waals surface area contributed by atoms with Gasteiger partial charge in [0.05, 0.1) is 11.2 Å². The van der Waals surface area contributed by atoms with E-state index in [4.69, 9.17) is 27.4 Å². The van der Waals surface area contributed by atoms with Gasteiger partial charge in [0.15, 0.2) is 0 Å². The Morgan fingerprint density at radius 2 is 1.95 bits per heavy atom. The minimum atomic E-state index is -0.327. The van der Waals surface area contributed by atoms with Gasteiger partial charge in [0.2, 0.25) is 0 Å². The summed E-state index contributed by atoms with van der Waals surface area (Å²) in [6.07, 6.45) is 0.823. The van der Waals surface area contributed by atoms with Crippen molar-refractivity contribution in [2.45, 2.75) is 51.4 Å². The topological polar surface area (TPSA) is 44.5 Å². The zero-order valence-electron chi connectivity index (χ0n) is 11.9. The van der Waals surface area contributed by atoms with Crippen LogP contribution in [0.25, 0.3) is 0 Å². The van der Waals surface area contributed by atoms with Crippen molar-refractivity contribution < 1.29 is 9.47 Å². The standard InChI is InChI=1S/C15H21NO2S/c1-14(2)9-12(15(3,4)18-14)17-11-8-6-5-7-10(11)13(16)19/h5-8,12H,9H2,1-4H3,(H2,16,19). The highest BCUT2D eigenvalue weighted by Gasteiger charge is 2.47. The monoisotopic (exact) mass is 279 g/mol. The number of nitrogens with two attached hydrogens (primary N) is 1. The fraction of sp³-hybridized carbons (Fsp3) is 0.533. The summed E-state index contributed by atoms with van der Waals surface area (Å²) in [5.41, 5.74) is 6.01. The summed E-state index contributed by atoms with van der Waals surface area (Å²) in [5, 5.41) is 0. The van der Waals surface area contributed by atoms with Gasteiger partial charge in [-0.2, -0.15) is 0 Å². The SMILES string of the molecule is CC1(C)CC(Oc2ccccc2C(N)=S)C(C)(C)O1. The zero-order valence-corrected chi connectivity index (χ0v) is 12.7. The molecule has 1 unspecified atom stereocenters. The van der Waals surface area contributed by atoms with E-state index in [0.717, 1.165) is 17.7 Å². The van der Waals surface area contributed by atoms with Crippen LogP contribution in [-0.4, -0.2) is 22.3 Å². The molecule has 1 aliphatic rings. The van der Waals surface area contributed by atoms with Gasteiger partial charge in [-0.1, -0.05) is 24.4 Å². The first-order valence-corrected chi connectivity index (χ1v) is 6.88. The Labute approximate surface area is 120 Å². The van der Waals surface area contributed by atoms with Crippen molar-refractivity contribution in [2.24, 2.45) is 5.73 Å². The summed E-state index contributed by atoms with van der Waals surface area (Å²) in [6, 6.07) is 7.61. The molecule has 0 saturated carbocycles. The van der Waals surface area contributed by atoms with E-state index < -0.39 is 0 Å². The summed E-state index contributed by atoms with van der Waals surface area (Å²) >= 11 is 5.06. The summed E-state index contributed by atoms with van der Waals surface area (Å²) in [7, 11) is 0. The number of benzene rings is 1. The van der Waals surface area contributed by atoms with Gasteiger partial charge in [-0.05, 0) is 39.8 Å². The van der Waals surface area contributed by atoms with E-state index in [0.29, 0.717) is 4.99 Å². The number of rotatable bonds is 3. The van der Waals surface area contributed by atoms with Crippen molar-refractivity contribution in [2.75, 3.05) is 0 Å². The molecule has 1 aromatic rings. The Hall–Kier alpha value is -1.13. The minimum Gasteiger partial charge on any atom is -0.487 e. The molecule has 2 rings (SSSR count). The molecule has 1 aliphatic heterocycles. The van der Waals surface area contributed by atoms with Crippen LogP contribution in [-0.2, 0) is 4.74 Å². The van der Waals surface area contributed by atoms with Crippen LogP contribution >= 0.6 is 12.2 Å². The molecule has 2 N–H and O–H groups in total. The van der Waals surface area contributed by atoms with Crippen molar-refractivity contribution in [1.82, 2.24) is 0 Å². The fourth-order valence-electron chi connectivity index (χ4n) is 2.62.